The molecular formula is C7H15O9P. The van der Waals surface area contributed by atoms with Crippen molar-refractivity contribution in [2.45, 2.75) is 30.7 Å². The molecule has 0 aliphatic carbocycles. The molecule has 10 heteroatoms. The summed E-state index contributed by atoms with van der Waals surface area (Å²) in [5, 5.41) is 28.5. The molecule has 17 heavy (non-hydrogen) atoms. The van der Waals surface area contributed by atoms with Crippen molar-refractivity contribution in [3.05, 3.63) is 0 Å². The van der Waals surface area contributed by atoms with Gasteiger partial charge in [0.2, 0.25) is 0 Å². The molecule has 1 rings (SSSR count). The van der Waals surface area contributed by atoms with Crippen molar-refractivity contribution in [3.8, 4) is 0 Å². The first-order valence-corrected chi connectivity index (χ1v) is 6.22. The van der Waals surface area contributed by atoms with Crippen molar-refractivity contribution in [2.24, 2.45) is 0 Å². The highest BCUT2D eigenvalue weighted by Gasteiger charge is 2.44. The quantitative estimate of drug-likeness (QED) is 0.352. The summed E-state index contributed by atoms with van der Waals surface area (Å²) >= 11 is 0. The first kappa shape index (κ1) is 15.0. The normalized spacial score (nSPS) is 39.3. The largest absolute Gasteiger partial charge is 0.469 e. The van der Waals surface area contributed by atoms with Crippen LogP contribution in [0.2, 0.25) is 0 Å². The summed E-state index contributed by atoms with van der Waals surface area (Å²) in [6, 6.07) is 0. The van der Waals surface area contributed by atoms with E-state index in [2.05, 4.69) is 4.52 Å². The van der Waals surface area contributed by atoms with Crippen LogP contribution in [-0.2, 0) is 18.6 Å². The van der Waals surface area contributed by atoms with E-state index in [0.29, 0.717) is 0 Å². The Morgan fingerprint density at radius 1 is 1.24 bits per heavy atom. The maximum Gasteiger partial charge on any atom is 0.469 e. The van der Waals surface area contributed by atoms with Gasteiger partial charge in [-0.25, -0.2) is 4.57 Å². The Hall–Kier alpha value is -0.0900. The molecule has 1 fully saturated rings. The van der Waals surface area contributed by atoms with Gasteiger partial charge in [-0.2, -0.15) is 0 Å². The molecule has 102 valence electrons. The number of aliphatic hydroxyl groups excluding tert-OH is 3. The molecule has 0 aromatic rings. The molecule has 9 nitrogen and oxygen atoms in total. The maximum atomic E-state index is 10.4. The molecule has 1 unspecified atom stereocenters. The van der Waals surface area contributed by atoms with E-state index in [9.17, 15) is 19.9 Å². The van der Waals surface area contributed by atoms with E-state index in [-0.39, 0.29) is 0 Å². The smallest absolute Gasteiger partial charge is 0.387 e. The van der Waals surface area contributed by atoms with E-state index in [0.717, 1.165) is 0 Å². The maximum absolute atomic E-state index is 10.4. The summed E-state index contributed by atoms with van der Waals surface area (Å²) < 4.78 is 24.1. The fourth-order valence-corrected chi connectivity index (χ4v) is 1.83. The molecule has 0 aromatic carbocycles. The van der Waals surface area contributed by atoms with Crippen molar-refractivity contribution in [1.29, 1.82) is 0 Å². The molecule has 5 N–H and O–H groups in total. The second kappa shape index (κ2) is 5.70. The van der Waals surface area contributed by atoms with Gasteiger partial charge in [0.05, 0.1) is 6.61 Å². The zero-order chi connectivity index (χ0) is 13.2. The Balaban J connectivity index is 2.61. The van der Waals surface area contributed by atoms with Crippen LogP contribution in [0, 0.1) is 0 Å². The molecule has 0 aromatic heterocycles. The van der Waals surface area contributed by atoms with Crippen molar-refractivity contribution in [3.63, 3.8) is 0 Å². The van der Waals surface area contributed by atoms with E-state index >= 15 is 0 Å². The summed E-state index contributed by atoms with van der Waals surface area (Å²) in [5.74, 6) is 0. The zero-order valence-corrected chi connectivity index (χ0v) is 9.80. The Morgan fingerprint density at radius 2 is 1.82 bits per heavy atom. The van der Waals surface area contributed by atoms with Crippen LogP contribution in [0.1, 0.15) is 0 Å². The Bertz CT molecular complexity index is 291. The number of aliphatic hydroxyl groups is 3. The van der Waals surface area contributed by atoms with Gasteiger partial charge >= 0.3 is 7.82 Å². The summed E-state index contributed by atoms with van der Waals surface area (Å²) in [4.78, 5) is 16.9. The minimum atomic E-state index is -4.71. The molecule has 0 saturated carbocycles. The van der Waals surface area contributed by atoms with Crippen LogP contribution in [0.25, 0.3) is 0 Å². The van der Waals surface area contributed by atoms with E-state index < -0.39 is 45.1 Å². The molecule has 1 heterocycles. The van der Waals surface area contributed by atoms with E-state index in [1.807, 2.05) is 0 Å². The lowest BCUT2D eigenvalue weighted by Gasteiger charge is -2.39. The number of phosphoric ester groups is 1. The lowest BCUT2D eigenvalue weighted by atomic mass is 9.99. The van der Waals surface area contributed by atoms with Gasteiger partial charge in [-0.15, -0.1) is 0 Å². The van der Waals surface area contributed by atoms with Gasteiger partial charge in [0, 0.05) is 7.11 Å². The predicted octanol–water partition coefficient (Wildman–Crippen LogP) is -2.45. The van der Waals surface area contributed by atoms with E-state index in [1.54, 1.807) is 0 Å². The van der Waals surface area contributed by atoms with Crippen LogP contribution >= 0.6 is 7.82 Å². The van der Waals surface area contributed by atoms with Gasteiger partial charge in [0.25, 0.3) is 0 Å². The third-order valence-corrected chi connectivity index (χ3v) is 2.83. The fraction of sp³-hybridized carbons (Fsp3) is 1.00. The monoisotopic (exact) mass is 274 g/mol. The first-order chi connectivity index (χ1) is 7.76. The summed E-state index contributed by atoms with van der Waals surface area (Å²) in [6.07, 6.45) is -6.87. The molecule has 1 aliphatic heterocycles. The topological polar surface area (TPSA) is 146 Å². The molecule has 0 spiro atoms. The standard InChI is InChI=1S/C7H15O9P/c1-14-6-5(9)4(8)3(16-7(6)10)2-15-17(11,12)13/h3-10H,2H2,1H3,(H2,11,12,13)/t3-,4-,5+,6+,7?/m1/s1. The number of methoxy groups -OCH3 is 1. The van der Waals surface area contributed by atoms with Crippen molar-refractivity contribution < 1.29 is 43.7 Å². The second-order valence-corrected chi connectivity index (χ2v) is 4.77. The molecule has 0 bridgehead atoms. The lowest BCUT2D eigenvalue weighted by Crippen LogP contribution is -2.59. The highest BCUT2D eigenvalue weighted by molar-refractivity contribution is 7.46. The second-order valence-electron chi connectivity index (χ2n) is 3.53. The molecule has 1 saturated heterocycles. The lowest BCUT2D eigenvalue weighted by molar-refractivity contribution is -0.291. The number of ether oxygens (including phenoxy) is 2. The van der Waals surface area contributed by atoms with Gasteiger partial charge in [-0.05, 0) is 0 Å². The Morgan fingerprint density at radius 3 is 2.29 bits per heavy atom. The fourth-order valence-electron chi connectivity index (χ4n) is 1.48. The Labute approximate surface area is 96.8 Å². The summed E-state index contributed by atoms with van der Waals surface area (Å²) in [7, 11) is -3.50. The summed E-state index contributed by atoms with van der Waals surface area (Å²) in [6.45, 7) is -0.671. The van der Waals surface area contributed by atoms with Gasteiger partial charge < -0.3 is 34.6 Å². The average Bonchev–Trinajstić information content (AvgIpc) is 2.21. The molecular weight excluding hydrogens is 259 g/mol. The average molecular weight is 274 g/mol. The zero-order valence-electron chi connectivity index (χ0n) is 8.91. The van der Waals surface area contributed by atoms with Crippen LogP contribution in [0.5, 0.6) is 0 Å². The number of phosphoric acid groups is 1. The van der Waals surface area contributed by atoms with Crippen molar-refractivity contribution in [1.82, 2.24) is 0 Å². The van der Waals surface area contributed by atoms with Gasteiger partial charge in [-0.3, -0.25) is 4.52 Å². The summed E-state index contributed by atoms with van der Waals surface area (Å²) in [5.41, 5.74) is 0. The van der Waals surface area contributed by atoms with Gasteiger partial charge in [0.1, 0.15) is 24.4 Å². The van der Waals surface area contributed by atoms with Crippen LogP contribution in [0.3, 0.4) is 0 Å². The minimum absolute atomic E-state index is 0.671. The highest BCUT2D eigenvalue weighted by atomic mass is 31.2. The van der Waals surface area contributed by atoms with E-state index in [4.69, 9.17) is 19.3 Å². The third-order valence-electron chi connectivity index (χ3n) is 2.34. The van der Waals surface area contributed by atoms with Crippen molar-refractivity contribution in [2.75, 3.05) is 13.7 Å². The van der Waals surface area contributed by atoms with Gasteiger partial charge in [-0.1, -0.05) is 0 Å². The highest BCUT2D eigenvalue weighted by Crippen LogP contribution is 2.36. The SMILES string of the molecule is CO[C@@H]1C(O)O[C@H](COP(=O)(O)O)[C@@H](O)[C@@H]1O. The van der Waals surface area contributed by atoms with Crippen LogP contribution in [0.4, 0.5) is 0 Å². The first-order valence-electron chi connectivity index (χ1n) is 4.69. The van der Waals surface area contributed by atoms with Crippen LogP contribution in [-0.4, -0.2) is 69.5 Å². The number of rotatable bonds is 4. The number of hydrogen-bond donors (Lipinski definition) is 5. The minimum Gasteiger partial charge on any atom is -0.387 e. The van der Waals surface area contributed by atoms with Crippen LogP contribution in [0.15, 0.2) is 0 Å². The molecule has 0 radical (unpaired) electrons. The predicted molar refractivity (Wildman–Crippen MR) is 51.7 cm³/mol. The third kappa shape index (κ3) is 3.95. The van der Waals surface area contributed by atoms with Gasteiger partial charge in [0.15, 0.2) is 6.29 Å². The van der Waals surface area contributed by atoms with E-state index in [1.165, 1.54) is 7.11 Å². The molecule has 5 atom stereocenters. The molecule has 0 amide bonds. The number of hydrogen-bond acceptors (Lipinski definition) is 7. The Kier molecular flexibility index (Phi) is 5.02. The molecule has 1 aliphatic rings. The van der Waals surface area contributed by atoms with Crippen LogP contribution < -0.4 is 0 Å². The van der Waals surface area contributed by atoms with Crippen molar-refractivity contribution >= 4 is 7.82 Å².